The van der Waals surface area contributed by atoms with E-state index in [1.807, 2.05) is 7.05 Å². The van der Waals surface area contributed by atoms with Crippen LogP contribution in [-0.4, -0.2) is 50.3 Å². The Morgan fingerprint density at radius 1 is 1.19 bits per heavy atom. The van der Waals surface area contributed by atoms with Gasteiger partial charge in [0.1, 0.15) is 0 Å². The molecule has 2 aliphatic rings. The van der Waals surface area contributed by atoms with Crippen molar-refractivity contribution in [3.8, 4) is 0 Å². The molecule has 3 rings (SSSR count). The van der Waals surface area contributed by atoms with Gasteiger partial charge in [-0.2, -0.15) is 0 Å². The average molecular weight is 360 g/mol. The molecule has 2 aliphatic heterocycles. The van der Waals surface area contributed by atoms with Gasteiger partial charge in [-0.1, -0.05) is 31.2 Å². The highest BCUT2D eigenvalue weighted by Crippen LogP contribution is 2.17. The first-order valence-corrected chi connectivity index (χ1v) is 9.97. The molecule has 2 heterocycles. The van der Waals surface area contributed by atoms with Gasteiger partial charge in [-0.15, -0.1) is 0 Å². The van der Waals surface area contributed by atoms with Crippen LogP contribution in [-0.2, 0) is 22.6 Å². The molecule has 0 spiro atoms. The summed E-state index contributed by atoms with van der Waals surface area (Å²) in [5, 5.41) is 3.52. The van der Waals surface area contributed by atoms with Crippen LogP contribution in [0.2, 0.25) is 0 Å². The van der Waals surface area contributed by atoms with Crippen molar-refractivity contribution in [3.63, 3.8) is 0 Å². The summed E-state index contributed by atoms with van der Waals surface area (Å²) >= 11 is 0. The summed E-state index contributed by atoms with van der Waals surface area (Å²) in [5.74, 6) is 1.84. The number of aliphatic imine (C=N–C) groups is 1. The fourth-order valence-electron chi connectivity index (χ4n) is 3.62. The van der Waals surface area contributed by atoms with Crippen molar-refractivity contribution in [2.45, 2.75) is 51.9 Å². The largest absolute Gasteiger partial charge is 0.381 e. The lowest BCUT2D eigenvalue weighted by Crippen LogP contribution is -2.45. The molecule has 1 aromatic carbocycles. The van der Waals surface area contributed by atoms with Gasteiger partial charge in [0.15, 0.2) is 5.96 Å². The van der Waals surface area contributed by atoms with E-state index >= 15 is 0 Å². The van der Waals surface area contributed by atoms with E-state index in [9.17, 15) is 0 Å². The van der Waals surface area contributed by atoms with E-state index in [0.29, 0.717) is 12.7 Å². The predicted molar refractivity (Wildman–Crippen MR) is 105 cm³/mol. The lowest BCUT2D eigenvalue weighted by atomic mass is 9.99. The quantitative estimate of drug-likeness (QED) is 0.648. The van der Waals surface area contributed by atoms with E-state index in [1.165, 1.54) is 24.0 Å². The van der Waals surface area contributed by atoms with Crippen LogP contribution in [0.4, 0.5) is 0 Å². The maximum atomic E-state index is 6.04. The van der Waals surface area contributed by atoms with Crippen molar-refractivity contribution in [2.24, 2.45) is 10.9 Å². The second-order valence-electron chi connectivity index (χ2n) is 7.51. The predicted octanol–water partition coefficient (Wildman–Crippen LogP) is 3.19. The number of nitrogens with zero attached hydrogens (tertiary/aromatic N) is 2. The SMILES string of the molecule is CN=C(NCc1cccc(COC2CCOCC2)c1)N1CCC(C)CC1. The Kier molecular flexibility index (Phi) is 7.32. The second-order valence-corrected chi connectivity index (χ2v) is 7.51. The zero-order valence-electron chi connectivity index (χ0n) is 16.2. The molecule has 0 radical (unpaired) electrons. The molecule has 2 fully saturated rings. The van der Waals surface area contributed by atoms with Crippen molar-refractivity contribution < 1.29 is 9.47 Å². The van der Waals surface area contributed by atoms with Gasteiger partial charge >= 0.3 is 0 Å². The van der Waals surface area contributed by atoms with Crippen molar-refractivity contribution in [1.29, 1.82) is 0 Å². The molecule has 0 aliphatic carbocycles. The molecule has 144 valence electrons. The molecule has 0 aromatic heterocycles. The van der Waals surface area contributed by atoms with Gasteiger partial charge in [-0.25, -0.2) is 0 Å². The summed E-state index contributed by atoms with van der Waals surface area (Å²) in [7, 11) is 1.87. The Balaban J connectivity index is 1.48. The number of hydrogen-bond acceptors (Lipinski definition) is 3. The maximum absolute atomic E-state index is 6.04. The Morgan fingerprint density at radius 3 is 2.65 bits per heavy atom. The zero-order valence-corrected chi connectivity index (χ0v) is 16.2. The number of piperidine rings is 1. The topological polar surface area (TPSA) is 46.1 Å². The second kappa shape index (κ2) is 9.93. The van der Waals surface area contributed by atoms with Crippen molar-refractivity contribution in [2.75, 3.05) is 33.4 Å². The summed E-state index contributed by atoms with van der Waals surface area (Å²) < 4.78 is 11.4. The number of rotatable bonds is 5. The third-order valence-electron chi connectivity index (χ3n) is 5.39. The van der Waals surface area contributed by atoms with Crippen LogP contribution < -0.4 is 5.32 Å². The van der Waals surface area contributed by atoms with E-state index < -0.39 is 0 Å². The van der Waals surface area contributed by atoms with Crippen LogP contribution in [0, 0.1) is 5.92 Å². The third kappa shape index (κ3) is 5.71. The van der Waals surface area contributed by atoms with Crippen molar-refractivity contribution in [1.82, 2.24) is 10.2 Å². The number of nitrogens with one attached hydrogen (secondary N) is 1. The lowest BCUT2D eigenvalue weighted by Gasteiger charge is -2.33. The molecule has 1 N–H and O–H groups in total. The molecule has 0 bridgehead atoms. The highest BCUT2D eigenvalue weighted by Gasteiger charge is 2.18. The molecule has 0 unspecified atom stereocenters. The molecular formula is C21H33N3O2. The standard InChI is InChI=1S/C21H33N3O2/c1-17-6-10-24(11-7-17)21(22-2)23-15-18-4-3-5-19(14-18)16-26-20-8-12-25-13-9-20/h3-5,14,17,20H,6-13,15-16H2,1-2H3,(H,22,23). The van der Waals surface area contributed by atoms with Crippen LogP contribution in [0.1, 0.15) is 43.7 Å². The van der Waals surface area contributed by atoms with Gasteiger partial charge in [-0.05, 0) is 42.7 Å². The first-order chi connectivity index (χ1) is 12.7. The molecule has 0 saturated carbocycles. The van der Waals surface area contributed by atoms with E-state index in [2.05, 4.69) is 46.4 Å². The fourth-order valence-corrected chi connectivity index (χ4v) is 3.62. The van der Waals surface area contributed by atoms with Crippen LogP contribution >= 0.6 is 0 Å². The normalized spacial score (nSPS) is 20.4. The summed E-state index contributed by atoms with van der Waals surface area (Å²) in [6, 6.07) is 8.66. The molecule has 1 aromatic rings. The first-order valence-electron chi connectivity index (χ1n) is 9.97. The average Bonchev–Trinajstić information content (AvgIpc) is 2.69. The van der Waals surface area contributed by atoms with E-state index in [4.69, 9.17) is 9.47 Å². The Labute approximate surface area is 157 Å². The van der Waals surface area contributed by atoms with Gasteiger partial charge in [0.2, 0.25) is 0 Å². The summed E-state index contributed by atoms with van der Waals surface area (Å²) in [5.41, 5.74) is 2.50. The Hall–Kier alpha value is -1.59. The lowest BCUT2D eigenvalue weighted by molar-refractivity contribution is -0.0390. The Bertz CT molecular complexity index is 576. The van der Waals surface area contributed by atoms with Crippen molar-refractivity contribution in [3.05, 3.63) is 35.4 Å². The monoisotopic (exact) mass is 359 g/mol. The van der Waals surface area contributed by atoms with E-state index in [1.54, 1.807) is 0 Å². The minimum Gasteiger partial charge on any atom is -0.381 e. The van der Waals surface area contributed by atoms with Gasteiger partial charge in [0.25, 0.3) is 0 Å². The van der Waals surface area contributed by atoms with Crippen molar-refractivity contribution >= 4 is 5.96 Å². The molecular weight excluding hydrogens is 326 g/mol. The third-order valence-corrected chi connectivity index (χ3v) is 5.39. The van der Waals surface area contributed by atoms with Gasteiger partial charge in [0, 0.05) is 39.9 Å². The molecule has 2 saturated heterocycles. The van der Waals surface area contributed by atoms with E-state index in [-0.39, 0.29) is 0 Å². The maximum Gasteiger partial charge on any atom is 0.193 e. The van der Waals surface area contributed by atoms with Gasteiger partial charge in [0.05, 0.1) is 12.7 Å². The molecule has 26 heavy (non-hydrogen) atoms. The van der Waals surface area contributed by atoms with E-state index in [0.717, 1.165) is 57.6 Å². The zero-order chi connectivity index (χ0) is 18.2. The number of ether oxygens (including phenoxy) is 2. The van der Waals surface area contributed by atoms with Crippen LogP contribution in [0.15, 0.2) is 29.3 Å². The molecule has 5 nitrogen and oxygen atoms in total. The molecule has 0 atom stereocenters. The smallest absolute Gasteiger partial charge is 0.193 e. The minimum atomic E-state index is 0.339. The summed E-state index contributed by atoms with van der Waals surface area (Å²) in [6.45, 7) is 7.65. The summed E-state index contributed by atoms with van der Waals surface area (Å²) in [6.07, 6.45) is 4.85. The van der Waals surface area contributed by atoms with Gasteiger partial charge < -0.3 is 19.7 Å². The minimum absolute atomic E-state index is 0.339. The summed E-state index contributed by atoms with van der Waals surface area (Å²) in [4.78, 5) is 6.84. The molecule has 0 amide bonds. The first kappa shape index (κ1) is 19.2. The number of hydrogen-bond donors (Lipinski definition) is 1. The fraction of sp³-hybridized carbons (Fsp3) is 0.667. The van der Waals surface area contributed by atoms with Crippen LogP contribution in [0.3, 0.4) is 0 Å². The highest BCUT2D eigenvalue weighted by atomic mass is 16.5. The van der Waals surface area contributed by atoms with Crippen LogP contribution in [0.25, 0.3) is 0 Å². The number of guanidine groups is 1. The number of likely N-dealkylation sites (tertiary alicyclic amines) is 1. The number of benzene rings is 1. The van der Waals surface area contributed by atoms with Gasteiger partial charge in [-0.3, -0.25) is 4.99 Å². The molecule has 5 heteroatoms. The Morgan fingerprint density at radius 2 is 1.92 bits per heavy atom. The highest BCUT2D eigenvalue weighted by molar-refractivity contribution is 5.79. The van der Waals surface area contributed by atoms with Crippen LogP contribution in [0.5, 0.6) is 0 Å².